The van der Waals surface area contributed by atoms with Gasteiger partial charge < -0.3 is 4.74 Å². The van der Waals surface area contributed by atoms with Gasteiger partial charge in [-0.3, -0.25) is 4.98 Å². The van der Waals surface area contributed by atoms with Crippen molar-refractivity contribution in [1.82, 2.24) is 4.98 Å². The third kappa shape index (κ3) is 2.55. The highest BCUT2D eigenvalue weighted by Gasteiger charge is 2.12. The Morgan fingerprint density at radius 3 is 2.86 bits per heavy atom. The quantitative estimate of drug-likeness (QED) is 0.690. The van der Waals surface area contributed by atoms with Gasteiger partial charge in [-0.05, 0) is 24.5 Å². The van der Waals surface area contributed by atoms with E-state index in [1.54, 1.807) is 18.3 Å². The monoisotopic (exact) mass is 193 g/mol. The summed E-state index contributed by atoms with van der Waals surface area (Å²) in [4.78, 5) is 15.5. The predicted molar refractivity (Wildman–Crippen MR) is 54.1 cm³/mol. The van der Waals surface area contributed by atoms with Crippen LogP contribution in [0, 0.1) is 5.92 Å². The standard InChI is InChI=1S/C11H15NO2/c1-8(2)7-10-9(11(13)14-3)5-4-6-12-10/h4-6,8H,7H2,1-3H3. The predicted octanol–water partition coefficient (Wildman–Crippen LogP) is 2.07. The molecule has 0 atom stereocenters. The topological polar surface area (TPSA) is 39.2 Å². The molecule has 0 saturated carbocycles. The lowest BCUT2D eigenvalue weighted by atomic mass is 10.0. The summed E-state index contributed by atoms with van der Waals surface area (Å²) in [7, 11) is 1.38. The molecule has 0 aliphatic carbocycles. The van der Waals surface area contributed by atoms with Gasteiger partial charge in [-0.25, -0.2) is 4.79 Å². The summed E-state index contributed by atoms with van der Waals surface area (Å²) in [6.07, 6.45) is 2.50. The van der Waals surface area contributed by atoms with Crippen LogP contribution in [-0.2, 0) is 11.2 Å². The van der Waals surface area contributed by atoms with Gasteiger partial charge in [0.15, 0.2) is 0 Å². The zero-order valence-electron chi connectivity index (χ0n) is 8.78. The molecular weight excluding hydrogens is 178 g/mol. The lowest BCUT2D eigenvalue weighted by Gasteiger charge is -2.08. The summed E-state index contributed by atoms with van der Waals surface area (Å²) in [6, 6.07) is 3.49. The molecule has 1 rings (SSSR count). The Labute approximate surface area is 84.1 Å². The lowest BCUT2D eigenvalue weighted by Crippen LogP contribution is -2.09. The van der Waals surface area contributed by atoms with E-state index in [0.717, 1.165) is 12.1 Å². The van der Waals surface area contributed by atoms with Gasteiger partial charge in [-0.1, -0.05) is 13.8 Å². The Hall–Kier alpha value is -1.38. The number of hydrogen-bond acceptors (Lipinski definition) is 3. The number of rotatable bonds is 3. The first-order valence-corrected chi connectivity index (χ1v) is 4.67. The first kappa shape index (κ1) is 10.7. The Kier molecular flexibility index (Phi) is 3.63. The van der Waals surface area contributed by atoms with Crippen molar-refractivity contribution in [2.75, 3.05) is 7.11 Å². The molecule has 0 saturated heterocycles. The second-order valence-electron chi connectivity index (χ2n) is 3.59. The maximum Gasteiger partial charge on any atom is 0.339 e. The van der Waals surface area contributed by atoms with Crippen LogP contribution in [0.5, 0.6) is 0 Å². The minimum absolute atomic E-state index is 0.311. The molecule has 76 valence electrons. The van der Waals surface area contributed by atoms with Crippen molar-refractivity contribution in [2.45, 2.75) is 20.3 Å². The van der Waals surface area contributed by atoms with Gasteiger partial charge in [0.1, 0.15) is 0 Å². The molecule has 0 radical (unpaired) electrons. The van der Waals surface area contributed by atoms with Gasteiger partial charge in [0.05, 0.1) is 18.4 Å². The molecule has 0 amide bonds. The van der Waals surface area contributed by atoms with Gasteiger partial charge in [-0.15, -0.1) is 0 Å². The third-order valence-corrected chi connectivity index (χ3v) is 1.90. The van der Waals surface area contributed by atoms with E-state index in [1.165, 1.54) is 7.11 Å². The highest BCUT2D eigenvalue weighted by Crippen LogP contribution is 2.11. The number of hydrogen-bond donors (Lipinski definition) is 0. The molecule has 0 bridgehead atoms. The number of esters is 1. The number of carbonyl (C=O) groups is 1. The third-order valence-electron chi connectivity index (χ3n) is 1.90. The van der Waals surface area contributed by atoms with Crippen molar-refractivity contribution in [2.24, 2.45) is 5.92 Å². The second kappa shape index (κ2) is 4.74. The van der Waals surface area contributed by atoms with Crippen molar-refractivity contribution in [3.63, 3.8) is 0 Å². The van der Waals surface area contributed by atoms with E-state index in [9.17, 15) is 4.79 Å². The smallest absolute Gasteiger partial charge is 0.339 e. The number of aromatic nitrogens is 1. The summed E-state index contributed by atoms with van der Waals surface area (Å²) < 4.78 is 4.68. The van der Waals surface area contributed by atoms with Crippen LogP contribution in [0.4, 0.5) is 0 Å². The van der Waals surface area contributed by atoms with Crippen LogP contribution in [0.3, 0.4) is 0 Å². The average molecular weight is 193 g/mol. The van der Waals surface area contributed by atoms with Crippen LogP contribution >= 0.6 is 0 Å². The molecular formula is C11H15NO2. The summed E-state index contributed by atoms with van der Waals surface area (Å²) in [5.41, 5.74) is 1.39. The fourth-order valence-corrected chi connectivity index (χ4v) is 1.28. The van der Waals surface area contributed by atoms with E-state index in [0.29, 0.717) is 11.5 Å². The molecule has 3 nitrogen and oxygen atoms in total. The molecule has 0 fully saturated rings. The maximum absolute atomic E-state index is 11.4. The molecule has 1 heterocycles. The first-order chi connectivity index (χ1) is 6.65. The number of pyridine rings is 1. The minimum Gasteiger partial charge on any atom is -0.465 e. The highest BCUT2D eigenvalue weighted by molar-refractivity contribution is 5.90. The summed E-state index contributed by atoms with van der Waals surface area (Å²) in [6.45, 7) is 4.19. The zero-order valence-corrected chi connectivity index (χ0v) is 8.78. The van der Waals surface area contributed by atoms with Crippen molar-refractivity contribution < 1.29 is 9.53 Å². The van der Waals surface area contributed by atoms with Crippen molar-refractivity contribution in [3.8, 4) is 0 Å². The van der Waals surface area contributed by atoms with Crippen molar-refractivity contribution in [1.29, 1.82) is 0 Å². The van der Waals surface area contributed by atoms with E-state index >= 15 is 0 Å². The van der Waals surface area contributed by atoms with Crippen LogP contribution in [-0.4, -0.2) is 18.1 Å². The fourth-order valence-electron chi connectivity index (χ4n) is 1.28. The molecule has 0 aromatic carbocycles. The largest absolute Gasteiger partial charge is 0.465 e. The normalized spacial score (nSPS) is 10.3. The van der Waals surface area contributed by atoms with Crippen LogP contribution in [0.15, 0.2) is 18.3 Å². The first-order valence-electron chi connectivity index (χ1n) is 4.67. The Balaban J connectivity index is 2.97. The number of nitrogens with zero attached hydrogens (tertiary/aromatic N) is 1. The maximum atomic E-state index is 11.4. The lowest BCUT2D eigenvalue weighted by molar-refractivity contribution is 0.0598. The molecule has 1 aromatic rings. The van der Waals surface area contributed by atoms with Gasteiger partial charge in [0.2, 0.25) is 0 Å². The van der Waals surface area contributed by atoms with Crippen molar-refractivity contribution >= 4 is 5.97 Å². The van der Waals surface area contributed by atoms with Crippen molar-refractivity contribution in [3.05, 3.63) is 29.6 Å². The Morgan fingerprint density at radius 2 is 2.29 bits per heavy atom. The molecule has 0 aliphatic rings. The molecule has 1 aromatic heterocycles. The summed E-state index contributed by atoms with van der Waals surface area (Å²) in [5, 5.41) is 0. The summed E-state index contributed by atoms with van der Waals surface area (Å²) >= 11 is 0. The van der Waals surface area contributed by atoms with Crippen LogP contribution in [0.1, 0.15) is 29.9 Å². The van der Waals surface area contributed by atoms with E-state index in [4.69, 9.17) is 0 Å². The van der Waals surface area contributed by atoms with Gasteiger partial charge in [0, 0.05) is 6.20 Å². The van der Waals surface area contributed by atoms with Gasteiger partial charge in [-0.2, -0.15) is 0 Å². The van der Waals surface area contributed by atoms with Crippen LogP contribution in [0.2, 0.25) is 0 Å². The zero-order chi connectivity index (χ0) is 10.6. The van der Waals surface area contributed by atoms with E-state index < -0.39 is 0 Å². The Bertz CT molecular complexity index is 321. The van der Waals surface area contributed by atoms with Crippen LogP contribution in [0.25, 0.3) is 0 Å². The molecule has 0 N–H and O–H groups in total. The molecule has 0 spiro atoms. The fraction of sp³-hybridized carbons (Fsp3) is 0.455. The van der Waals surface area contributed by atoms with Crippen LogP contribution < -0.4 is 0 Å². The molecule has 14 heavy (non-hydrogen) atoms. The Morgan fingerprint density at radius 1 is 1.57 bits per heavy atom. The SMILES string of the molecule is COC(=O)c1cccnc1CC(C)C. The molecule has 0 unspecified atom stereocenters. The molecule has 0 aliphatic heterocycles. The second-order valence-corrected chi connectivity index (χ2v) is 3.59. The van der Waals surface area contributed by atoms with E-state index in [-0.39, 0.29) is 5.97 Å². The molecule has 3 heteroatoms. The average Bonchev–Trinajstić information content (AvgIpc) is 2.16. The van der Waals surface area contributed by atoms with E-state index in [1.807, 2.05) is 0 Å². The van der Waals surface area contributed by atoms with E-state index in [2.05, 4.69) is 23.6 Å². The minimum atomic E-state index is -0.311. The highest BCUT2D eigenvalue weighted by atomic mass is 16.5. The van der Waals surface area contributed by atoms with Gasteiger partial charge in [0.25, 0.3) is 0 Å². The number of ether oxygens (including phenoxy) is 1. The number of methoxy groups -OCH3 is 1. The summed E-state index contributed by atoms with van der Waals surface area (Å²) in [5.74, 6) is 0.169. The number of carbonyl (C=O) groups excluding carboxylic acids is 1. The van der Waals surface area contributed by atoms with Gasteiger partial charge >= 0.3 is 5.97 Å².